The fourth-order valence-corrected chi connectivity index (χ4v) is 3.02. The Bertz CT molecular complexity index is 915. The molecular formula is C19H21ClN4O3. The van der Waals surface area contributed by atoms with Crippen molar-refractivity contribution in [3.8, 4) is 11.5 Å². The van der Waals surface area contributed by atoms with E-state index in [1.165, 1.54) is 0 Å². The Hall–Kier alpha value is -2.67. The van der Waals surface area contributed by atoms with Gasteiger partial charge >= 0.3 is 0 Å². The van der Waals surface area contributed by atoms with Crippen molar-refractivity contribution in [2.24, 2.45) is 0 Å². The van der Waals surface area contributed by atoms with Crippen molar-refractivity contribution in [3.63, 3.8) is 0 Å². The zero-order valence-corrected chi connectivity index (χ0v) is 16.3. The molecule has 0 aliphatic carbocycles. The van der Waals surface area contributed by atoms with Gasteiger partial charge in [-0.15, -0.1) is 10.2 Å². The van der Waals surface area contributed by atoms with Gasteiger partial charge in [0.1, 0.15) is 5.76 Å². The van der Waals surface area contributed by atoms with Crippen LogP contribution >= 0.6 is 11.6 Å². The summed E-state index contributed by atoms with van der Waals surface area (Å²) >= 11 is 6.18. The van der Waals surface area contributed by atoms with E-state index in [1.54, 1.807) is 17.9 Å². The van der Waals surface area contributed by atoms with Crippen molar-refractivity contribution in [1.82, 2.24) is 20.3 Å². The van der Waals surface area contributed by atoms with E-state index in [-0.39, 0.29) is 18.9 Å². The molecule has 1 amide bonds. The van der Waals surface area contributed by atoms with Crippen LogP contribution in [0.2, 0.25) is 5.02 Å². The molecule has 0 aliphatic rings. The van der Waals surface area contributed by atoms with Gasteiger partial charge in [-0.2, -0.15) is 0 Å². The molecule has 0 atom stereocenters. The van der Waals surface area contributed by atoms with Crippen LogP contribution in [-0.2, 0) is 17.8 Å². The number of benzene rings is 1. The SMILES string of the molecule is CCCN(Cc1nnc(-c2ccccc2Cl)o1)C(=O)Cc1c(C)noc1C. The molecule has 8 heteroatoms. The van der Waals surface area contributed by atoms with E-state index in [0.29, 0.717) is 34.7 Å². The Morgan fingerprint density at radius 1 is 1.22 bits per heavy atom. The molecule has 3 aromatic rings. The minimum atomic E-state index is -0.0382. The van der Waals surface area contributed by atoms with E-state index in [2.05, 4.69) is 15.4 Å². The van der Waals surface area contributed by atoms with E-state index in [0.717, 1.165) is 17.7 Å². The molecule has 0 saturated carbocycles. The van der Waals surface area contributed by atoms with Crippen LogP contribution in [-0.4, -0.2) is 32.7 Å². The molecule has 0 saturated heterocycles. The van der Waals surface area contributed by atoms with Crippen LogP contribution in [0.25, 0.3) is 11.5 Å². The van der Waals surface area contributed by atoms with Crippen LogP contribution in [0.15, 0.2) is 33.2 Å². The number of carbonyl (C=O) groups is 1. The monoisotopic (exact) mass is 388 g/mol. The van der Waals surface area contributed by atoms with Crippen molar-refractivity contribution in [3.05, 3.63) is 52.2 Å². The molecule has 0 radical (unpaired) electrons. The molecule has 0 unspecified atom stereocenters. The number of aryl methyl sites for hydroxylation is 2. The molecular weight excluding hydrogens is 368 g/mol. The lowest BCUT2D eigenvalue weighted by atomic mass is 10.1. The fourth-order valence-electron chi connectivity index (χ4n) is 2.80. The highest BCUT2D eigenvalue weighted by Crippen LogP contribution is 2.26. The predicted molar refractivity (Wildman–Crippen MR) is 100 cm³/mol. The van der Waals surface area contributed by atoms with Crippen LogP contribution in [0.3, 0.4) is 0 Å². The quantitative estimate of drug-likeness (QED) is 0.608. The molecule has 2 heterocycles. The van der Waals surface area contributed by atoms with Crippen LogP contribution in [0, 0.1) is 13.8 Å². The largest absolute Gasteiger partial charge is 0.419 e. The standard InChI is InChI=1S/C19H21ClN4O3/c1-4-9-24(18(25)10-15-12(2)23-27-13(15)3)11-17-21-22-19(26-17)14-7-5-6-8-16(14)20/h5-8H,4,9-11H2,1-3H3. The first kappa shape index (κ1) is 19.1. The fraction of sp³-hybridized carbons (Fsp3) is 0.368. The highest BCUT2D eigenvalue weighted by molar-refractivity contribution is 6.33. The minimum absolute atomic E-state index is 0.0382. The summed E-state index contributed by atoms with van der Waals surface area (Å²) in [7, 11) is 0. The molecule has 0 N–H and O–H groups in total. The molecule has 7 nitrogen and oxygen atoms in total. The Kier molecular flexibility index (Phi) is 5.91. The normalized spacial score (nSPS) is 11.0. The molecule has 2 aromatic heterocycles. The number of nitrogens with zero attached hydrogens (tertiary/aromatic N) is 4. The minimum Gasteiger partial charge on any atom is -0.419 e. The summed E-state index contributed by atoms with van der Waals surface area (Å²) in [5, 5.41) is 12.6. The Morgan fingerprint density at radius 2 is 2.00 bits per heavy atom. The van der Waals surface area contributed by atoms with E-state index in [4.69, 9.17) is 20.5 Å². The van der Waals surface area contributed by atoms with E-state index >= 15 is 0 Å². The number of carbonyl (C=O) groups excluding carboxylic acids is 1. The number of hydrogen-bond acceptors (Lipinski definition) is 6. The second-order valence-electron chi connectivity index (χ2n) is 6.28. The summed E-state index contributed by atoms with van der Waals surface area (Å²) < 4.78 is 10.9. The number of amides is 1. The summed E-state index contributed by atoms with van der Waals surface area (Å²) in [6, 6.07) is 7.25. The predicted octanol–water partition coefficient (Wildman–Crippen LogP) is 3.98. The number of halogens is 1. The third-order valence-electron chi connectivity index (χ3n) is 4.25. The summed E-state index contributed by atoms with van der Waals surface area (Å²) in [6.07, 6.45) is 1.05. The van der Waals surface area contributed by atoms with Crippen LogP contribution in [0.1, 0.15) is 36.3 Å². The van der Waals surface area contributed by atoms with Crippen molar-refractivity contribution in [2.75, 3.05) is 6.54 Å². The molecule has 3 rings (SSSR count). The Balaban J connectivity index is 1.75. The summed E-state index contributed by atoms with van der Waals surface area (Å²) in [5.74, 6) is 1.33. The van der Waals surface area contributed by atoms with E-state index < -0.39 is 0 Å². The molecule has 142 valence electrons. The topological polar surface area (TPSA) is 85.3 Å². The lowest BCUT2D eigenvalue weighted by Gasteiger charge is -2.20. The van der Waals surface area contributed by atoms with Gasteiger partial charge in [0.15, 0.2) is 0 Å². The van der Waals surface area contributed by atoms with Gasteiger partial charge in [0.05, 0.1) is 29.2 Å². The van der Waals surface area contributed by atoms with E-state index in [1.807, 2.05) is 32.0 Å². The number of hydrogen-bond donors (Lipinski definition) is 0. The first-order valence-corrected chi connectivity index (χ1v) is 9.14. The number of rotatable bonds is 7. The average Bonchev–Trinajstić information content (AvgIpc) is 3.23. The zero-order valence-electron chi connectivity index (χ0n) is 15.5. The van der Waals surface area contributed by atoms with Crippen LogP contribution in [0.5, 0.6) is 0 Å². The Morgan fingerprint density at radius 3 is 2.67 bits per heavy atom. The van der Waals surface area contributed by atoms with Crippen molar-refractivity contribution < 1.29 is 13.7 Å². The lowest BCUT2D eigenvalue weighted by Crippen LogP contribution is -2.32. The molecule has 0 aliphatic heterocycles. The smallest absolute Gasteiger partial charge is 0.249 e. The second kappa shape index (κ2) is 8.35. The van der Waals surface area contributed by atoms with Gasteiger partial charge in [0.2, 0.25) is 17.7 Å². The maximum absolute atomic E-state index is 12.8. The highest BCUT2D eigenvalue weighted by Gasteiger charge is 2.21. The van der Waals surface area contributed by atoms with Gasteiger partial charge in [0.25, 0.3) is 0 Å². The summed E-state index contributed by atoms with van der Waals surface area (Å²) in [5.41, 5.74) is 2.22. The van der Waals surface area contributed by atoms with E-state index in [9.17, 15) is 4.79 Å². The molecule has 0 fully saturated rings. The average molecular weight is 389 g/mol. The maximum atomic E-state index is 12.8. The summed E-state index contributed by atoms with van der Waals surface area (Å²) in [4.78, 5) is 14.5. The Labute approximate surface area is 162 Å². The van der Waals surface area contributed by atoms with Crippen molar-refractivity contribution in [2.45, 2.75) is 40.2 Å². The first-order chi connectivity index (χ1) is 13.0. The van der Waals surface area contributed by atoms with Gasteiger partial charge in [-0.3, -0.25) is 4.79 Å². The van der Waals surface area contributed by atoms with Gasteiger partial charge in [-0.25, -0.2) is 0 Å². The third-order valence-corrected chi connectivity index (χ3v) is 4.58. The second-order valence-corrected chi connectivity index (χ2v) is 6.68. The first-order valence-electron chi connectivity index (χ1n) is 8.76. The molecule has 27 heavy (non-hydrogen) atoms. The van der Waals surface area contributed by atoms with Crippen LogP contribution < -0.4 is 0 Å². The maximum Gasteiger partial charge on any atom is 0.249 e. The zero-order chi connectivity index (χ0) is 19.4. The molecule has 0 bridgehead atoms. The van der Waals surface area contributed by atoms with Crippen molar-refractivity contribution >= 4 is 17.5 Å². The van der Waals surface area contributed by atoms with Crippen molar-refractivity contribution in [1.29, 1.82) is 0 Å². The van der Waals surface area contributed by atoms with Gasteiger partial charge in [-0.1, -0.05) is 35.8 Å². The van der Waals surface area contributed by atoms with Crippen LogP contribution in [0.4, 0.5) is 0 Å². The van der Waals surface area contributed by atoms with Gasteiger partial charge in [0, 0.05) is 12.1 Å². The number of aromatic nitrogens is 3. The third kappa shape index (κ3) is 4.36. The van der Waals surface area contributed by atoms with Gasteiger partial charge in [-0.05, 0) is 32.4 Å². The summed E-state index contributed by atoms with van der Waals surface area (Å²) in [6.45, 7) is 6.48. The van der Waals surface area contributed by atoms with Gasteiger partial charge < -0.3 is 13.8 Å². The highest BCUT2D eigenvalue weighted by atomic mass is 35.5. The lowest BCUT2D eigenvalue weighted by molar-refractivity contribution is -0.131. The molecule has 1 aromatic carbocycles. The molecule has 0 spiro atoms.